The van der Waals surface area contributed by atoms with Crippen molar-refractivity contribution < 1.29 is 19.4 Å². The summed E-state index contributed by atoms with van der Waals surface area (Å²) in [4.78, 5) is 11.8. The van der Waals surface area contributed by atoms with Crippen LogP contribution in [0.2, 0.25) is 0 Å². The number of aliphatic hydroxyl groups excluding tert-OH is 1. The number of carbonyl (C=O) groups is 1. The number of esters is 1. The van der Waals surface area contributed by atoms with Gasteiger partial charge in [0.05, 0.1) is 31.5 Å². The molecule has 0 amide bonds. The molecule has 0 saturated heterocycles. The van der Waals surface area contributed by atoms with E-state index in [0.29, 0.717) is 18.6 Å². The van der Waals surface area contributed by atoms with Crippen LogP contribution >= 0.6 is 0 Å². The lowest BCUT2D eigenvalue weighted by Gasteiger charge is -2.26. The zero-order valence-electron chi connectivity index (χ0n) is 16.1. The first-order chi connectivity index (χ1) is 11.6. The Hall–Kier alpha value is -1.39. The number of carbonyl (C=O) groups excluding carboxylic acids is 1. The molecule has 2 unspecified atom stereocenters. The van der Waals surface area contributed by atoms with E-state index in [9.17, 15) is 9.90 Å². The fourth-order valence-corrected chi connectivity index (χ4v) is 2.72. The smallest absolute Gasteiger partial charge is 0.338 e. The SMILES string of the molecule is CC.CC.COC(=O)c1c(C)cccc1COC1CCCC(O)C1. The molecular weight excluding hydrogens is 304 g/mol. The minimum absolute atomic E-state index is 0.0739. The van der Waals surface area contributed by atoms with Crippen LogP contribution in [0.15, 0.2) is 18.2 Å². The second-order valence-electron chi connectivity index (χ2n) is 5.35. The Kier molecular flexibility index (Phi) is 12.2. The Labute approximate surface area is 147 Å². The average Bonchev–Trinajstić information content (AvgIpc) is 2.63. The van der Waals surface area contributed by atoms with Crippen molar-refractivity contribution >= 4 is 5.97 Å². The summed E-state index contributed by atoms with van der Waals surface area (Å²) in [5, 5.41) is 9.65. The summed E-state index contributed by atoms with van der Waals surface area (Å²) >= 11 is 0. The molecule has 2 rings (SSSR count). The van der Waals surface area contributed by atoms with Gasteiger partial charge in [-0.2, -0.15) is 0 Å². The van der Waals surface area contributed by atoms with Crippen molar-refractivity contribution in [3.05, 3.63) is 34.9 Å². The Morgan fingerprint density at radius 1 is 1.21 bits per heavy atom. The van der Waals surface area contributed by atoms with Crippen molar-refractivity contribution in [3.63, 3.8) is 0 Å². The van der Waals surface area contributed by atoms with Gasteiger partial charge in [0, 0.05) is 0 Å². The molecule has 1 aliphatic carbocycles. The van der Waals surface area contributed by atoms with Gasteiger partial charge in [0.25, 0.3) is 0 Å². The van der Waals surface area contributed by atoms with E-state index in [-0.39, 0.29) is 18.2 Å². The van der Waals surface area contributed by atoms with Gasteiger partial charge >= 0.3 is 5.97 Å². The zero-order chi connectivity index (χ0) is 18.5. The first kappa shape index (κ1) is 22.6. The van der Waals surface area contributed by atoms with Gasteiger partial charge in [0.1, 0.15) is 0 Å². The fourth-order valence-electron chi connectivity index (χ4n) is 2.72. The molecule has 1 aliphatic rings. The summed E-state index contributed by atoms with van der Waals surface area (Å²) < 4.78 is 10.7. The van der Waals surface area contributed by atoms with Crippen molar-refractivity contribution in [2.75, 3.05) is 7.11 Å². The Bertz CT molecular complexity index is 471. The minimum atomic E-state index is -0.328. The molecular formula is C20H34O4. The lowest BCUT2D eigenvalue weighted by molar-refractivity contribution is -0.0232. The molecule has 4 nitrogen and oxygen atoms in total. The molecule has 0 bridgehead atoms. The van der Waals surface area contributed by atoms with Crippen LogP contribution in [0.1, 0.15) is 74.9 Å². The van der Waals surface area contributed by atoms with Crippen LogP contribution in [-0.2, 0) is 16.1 Å². The van der Waals surface area contributed by atoms with E-state index in [1.54, 1.807) is 0 Å². The lowest BCUT2D eigenvalue weighted by atomic mass is 9.95. The zero-order valence-corrected chi connectivity index (χ0v) is 16.1. The molecule has 0 spiro atoms. The monoisotopic (exact) mass is 338 g/mol. The maximum Gasteiger partial charge on any atom is 0.338 e. The van der Waals surface area contributed by atoms with Crippen LogP contribution < -0.4 is 0 Å². The van der Waals surface area contributed by atoms with Gasteiger partial charge < -0.3 is 14.6 Å². The predicted octanol–water partition coefficient (Wildman–Crippen LogP) is 4.65. The second-order valence-corrected chi connectivity index (χ2v) is 5.35. The summed E-state index contributed by atoms with van der Waals surface area (Å²) in [6.07, 6.45) is 3.31. The van der Waals surface area contributed by atoms with Crippen LogP contribution in [0, 0.1) is 6.92 Å². The highest BCUT2D eigenvalue weighted by Crippen LogP contribution is 2.23. The van der Waals surface area contributed by atoms with Crippen LogP contribution in [0.25, 0.3) is 0 Å². The molecule has 0 heterocycles. The molecule has 138 valence electrons. The lowest BCUT2D eigenvalue weighted by Crippen LogP contribution is -2.26. The number of methoxy groups -OCH3 is 1. The molecule has 2 atom stereocenters. The fraction of sp³-hybridized carbons (Fsp3) is 0.650. The van der Waals surface area contributed by atoms with Gasteiger partial charge in [-0.1, -0.05) is 45.9 Å². The summed E-state index contributed by atoms with van der Waals surface area (Å²) in [5.74, 6) is -0.328. The standard InChI is InChI=1S/C16H22O4.2C2H6/c1-11-5-3-6-12(15(11)16(18)19-2)10-20-14-8-4-7-13(17)9-14;2*1-2/h3,5-6,13-14,17H,4,7-10H2,1-2H3;2*1-2H3. The highest BCUT2D eigenvalue weighted by molar-refractivity contribution is 5.92. The number of hydrogen-bond donors (Lipinski definition) is 1. The van der Waals surface area contributed by atoms with E-state index in [2.05, 4.69) is 0 Å². The molecule has 1 aromatic carbocycles. The van der Waals surface area contributed by atoms with Crippen LogP contribution in [0.5, 0.6) is 0 Å². The van der Waals surface area contributed by atoms with E-state index >= 15 is 0 Å². The van der Waals surface area contributed by atoms with E-state index in [4.69, 9.17) is 9.47 Å². The minimum Gasteiger partial charge on any atom is -0.465 e. The highest BCUT2D eigenvalue weighted by Gasteiger charge is 2.22. The van der Waals surface area contributed by atoms with Gasteiger partial charge in [-0.3, -0.25) is 0 Å². The molecule has 24 heavy (non-hydrogen) atoms. The summed E-state index contributed by atoms with van der Waals surface area (Å²) in [6, 6.07) is 5.69. The first-order valence-corrected chi connectivity index (χ1v) is 9.08. The van der Waals surface area contributed by atoms with Crippen molar-refractivity contribution in [2.24, 2.45) is 0 Å². The third-order valence-electron chi connectivity index (χ3n) is 3.82. The quantitative estimate of drug-likeness (QED) is 0.812. The van der Waals surface area contributed by atoms with Crippen LogP contribution in [0.4, 0.5) is 0 Å². The van der Waals surface area contributed by atoms with Crippen LogP contribution in [0.3, 0.4) is 0 Å². The van der Waals surface area contributed by atoms with Gasteiger partial charge in [-0.25, -0.2) is 4.79 Å². The van der Waals surface area contributed by atoms with Crippen molar-refractivity contribution in [3.8, 4) is 0 Å². The van der Waals surface area contributed by atoms with Gasteiger partial charge in [0.15, 0.2) is 0 Å². The largest absolute Gasteiger partial charge is 0.465 e. The normalized spacial score (nSPS) is 19.3. The summed E-state index contributed by atoms with van der Waals surface area (Å²) in [5.41, 5.74) is 2.32. The van der Waals surface area contributed by atoms with Crippen molar-refractivity contribution in [1.29, 1.82) is 0 Å². The van der Waals surface area contributed by atoms with Crippen molar-refractivity contribution in [2.45, 2.75) is 79.1 Å². The number of hydrogen-bond acceptors (Lipinski definition) is 4. The second kappa shape index (κ2) is 13.0. The third-order valence-corrected chi connectivity index (χ3v) is 3.82. The molecule has 0 radical (unpaired) electrons. The van der Waals surface area contributed by atoms with E-state index in [0.717, 1.165) is 30.4 Å². The molecule has 0 aliphatic heterocycles. The van der Waals surface area contributed by atoms with Gasteiger partial charge in [-0.05, 0) is 43.7 Å². The Balaban J connectivity index is 0.00000123. The molecule has 1 saturated carbocycles. The third kappa shape index (κ3) is 7.02. The Morgan fingerprint density at radius 3 is 2.46 bits per heavy atom. The molecule has 1 fully saturated rings. The molecule has 4 heteroatoms. The summed E-state index contributed by atoms with van der Waals surface area (Å²) in [7, 11) is 1.39. The first-order valence-electron chi connectivity index (χ1n) is 9.08. The number of ether oxygens (including phenoxy) is 2. The molecule has 1 N–H and O–H groups in total. The van der Waals surface area contributed by atoms with E-state index < -0.39 is 0 Å². The summed E-state index contributed by atoms with van der Waals surface area (Å²) in [6.45, 7) is 10.3. The Morgan fingerprint density at radius 2 is 1.88 bits per heavy atom. The predicted molar refractivity (Wildman–Crippen MR) is 98.3 cm³/mol. The molecule has 0 aromatic heterocycles. The number of benzene rings is 1. The van der Waals surface area contributed by atoms with Crippen molar-refractivity contribution in [1.82, 2.24) is 0 Å². The highest BCUT2D eigenvalue weighted by atomic mass is 16.5. The number of rotatable bonds is 4. The number of aliphatic hydroxyl groups is 1. The van der Waals surface area contributed by atoms with Crippen LogP contribution in [-0.4, -0.2) is 30.4 Å². The molecule has 1 aromatic rings. The van der Waals surface area contributed by atoms with E-state index in [1.165, 1.54) is 7.11 Å². The average molecular weight is 338 g/mol. The van der Waals surface area contributed by atoms with Gasteiger partial charge in [-0.15, -0.1) is 0 Å². The maximum absolute atomic E-state index is 11.8. The number of aryl methyl sites for hydroxylation is 1. The topological polar surface area (TPSA) is 55.8 Å². The van der Waals surface area contributed by atoms with Gasteiger partial charge in [0.2, 0.25) is 0 Å². The van der Waals surface area contributed by atoms with E-state index in [1.807, 2.05) is 52.8 Å². The maximum atomic E-state index is 11.8.